The third kappa shape index (κ3) is 2.83. The number of hydrogen-bond acceptors (Lipinski definition) is 9. The fourth-order valence-corrected chi connectivity index (χ4v) is 4.56. The van der Waals surface area contributed by atoms with E-state index in [-0.39, 0.29) is 5.69 Å². The van der Waals surface area contributed by atoms with Gasteiger partial charge in [0, 0.05) is 50.0 Å². The van der Waals surface area contributed by atoms with Gasteiger partial charge in [0.2, 0.25) is 0 Å². The van der Waals surface area contributed by atoms with Gasteiger partial charge < -0.3 is 16.0 Å². The zero-order chi connectivity index (χ0) is 19.3. The van der Waals surface area contributed by atoms with Gasteiger partial charge >= 0.3 is 0 Å². The van der Waals surface area contributed by atoms with Gasteiger partial charge in [-0.1, -0.05) is 17.8 Å². The maximum Gasteiger partial charge on any atom is 0.253 e. The maximum absolute atomic E-state index is 11.7. The summed E-state index contributed by atoms with van der Waals surface area (Å²) in [6.07, 6.45) is 3.38. The van der Waals surface area contributed by atoms with Crippen molar-refractivity contribution in [1.29, 1.82) is 0 Å². The number of nitrogens with one attached hydrogen (secondary N) is 1. The Kier molecular flexibility index (Phi) is 4.06. The zero-order valence-electron chi connectivity index (χ0n) is 15.0. The summed E-state index contributed by atoms with van der Waals surface area (Å²) in [6.45, 7) is 3.83. The number of piperazine rings is 1. The Bertz CT molecular complexity index is 1130. The number of rotatable bonds is 3. The summed E-state index contributed by atoms with van der Waals surface area (Å²) in [7, 11) is 0. The molecular formula is C19H18N6O2S. The van der Waals surface area contributed by atoms with Crippen molar-refractivity contribution in [3.8, 4) is 0 Å². The van der Waals surface area contributed by atoms with Crippen molar-refractivity contribution in [3.63, 3.8) is 0 Å². The van der Waals surface area contributed by atoms with Crippen LogP contribution in [0.5, 0.6) is 0 Å². The van der Waals surface area contributed by atoms with Gasteiger partial charge in [0.25, 0.3) is 10.9 Å². The monoisotopic (exact) mass is 394 g/mol. The van der Waals surface area contributed by atoms with Crippen LogP contribution in [0.2, 0.25) is 0 Å². The fourth-order valence-electron chi connectivity index (χ4n) is 3.68. The Hall–Kier alpha value is -2.91. The molecule has 1 fully saturated rings. The van der Waals surface area contributed by atoms with Gasteiger partial charge in [-0.25, -0.2) is 9.97 Å². The van der Waals surface area contributed by atoms with E-state index in [1.807, 2.05) is 4.90 Å². The molecule has 1 aromatic heterocycles. The number of aromatic nitrogens is 2. The predicted molar refractivity (Wildman–Crippen MR) is 109 cm³/mol. The van der Waals surface area contributed by atoms with Crippen LogP contribution in [0.25, 0.3) is 0 Å². The molecule has 0 amide bonds. The van der Waals surface area contributed by atoms with Gasteiger partial charge in [0.05, 0.1) is 5.69 Å². The van der Waals surface area contributed by atoms with Gasteiger partial charge in [-0.15, -0.1) is 0 Å². The number of benzene rings is 1. The number of fused-ring (bicyclic) bond motifs is 2. The topological polar surface area (TPSA) is 104 Å². The minimum absolute atomic E-state index is 0.111. The average molecular weight is 394 g/mol. The van der Waals surface area contributed by atoms with Gasteiger partial charge in [-0.05, 0) is 17.7 Å². The van der Waals surface area contributed by atoms with E-state index in [9.17, 15) is 9.59 Å². The molecule has 0 spiro atoms. The number of anilines is 4. The number of nitrogens with zero attached hydrogens (tertiary/aromatic N) is 4. The molecule has 0 bridgehead atoms. The summed E-state index contributed by atoms with van der Waals surface area (Å²) >= 11 is 1.62. The first-order valence-electron chi connectivity index (χ1n) is 9.05. The molecule has 8 nitrogen and oxygen atoms in total. The molecule has 0 atom stereocenters. The van der Waals surface area contributed by atoms with Crippen LogP contribution in [0.3, 0.4) is 0 Å². The highest BCUT2D eigenvalue weighted by molar-refractivity contribution is 7.99. The van der Waals surface area contributed by atoms with Crippen LogP contribution in [-0.4, -0.2) is 41.0 Å². The van der Waals surface area contributed by atoms with Gasteiger partial charge in [-0.3, -0.25) is 14.5 Å². The summed E-state index contributed by atoms with van der Waals surface area (Å²) in [4.78, 5) is 37.1. The van der Waals surface area contributed by atoms with E-state index < -0.39 is 10.9 Å². The van der Waals surface area contributed by atoms with E-state index in [0.29, 0.717) is 18.8 Å². The molecule has 5 rings (SSSR count). The summed E-state index contributed by atoms with van der Waals surface area (Å²) in [6, 6.07) is 6.40. The molecule has 3 aromatic rings. The van der Waals surface area contributed by atoms with Crippen LogP contribution in [0.15, 0.2) is 50.1 Å². The molecule has 2 aromatic carbocycles. The van der Waals surface area contributed by atoms with Crippen molar-refractivity contribution in [1.82, 2.24) is 14.9 Å². The average Bonchev–Trinajstić information content (AvgIpc) is 2.73. The second-order valence-corrected chi connectivity index (χ2v) is 7.98. The largest absolute Gasteiger partial charge is 0.394 e. The minimum Gasteiger partial charge on any atom is -0.394 e. The highest BCUT2D eigenvalue weighted by Crippen LogP contribution is 2.42. The van der Waals surface area contributed by atoms with E-state index in [1.165, 1.54) is 5.56 Å². The highest BCUT2D eigenvalue weighted by Gasteiger charge is 2.27. The third-order valence-electron chi connectivity index (χ3n) is 5.18. The first kappa shape index (κ1) is 17.2. The van der Waals surface area contributed by atoms with Crippen LogP contribution in [0.1, 0.15) is 5.56 Å². The molecule has 3 heterocycles. The van der Waals surface area contributed by atoms with Crippen LogP contribution < -0.4 is 26.8 Å². The van der Waals surface area contributed by atoms with Gasteiger partial charge in [0.15, 0.2) is 5.82 Å². The number of nitrogen functional groups attached to an aromatic ring is 1. The van der Waals surface area contributed by atoms with Crippen molar-refractivity contribution < 1.29 is 0 Å². The van der Waals surface area contributed by atoms with Crippen molar-refractivity contribution in [3.05, 3.63) is 56.6 Å². The highest BCUT2D eigenvalue weighted by atomic mass is 32.2. The molecule has 28 heavy (non-hydrogen) atoms. The van der Waals surface area contributed by atoms with E-state index >= 15 is 0 Å². The second kappa shape index (κ2) is 6.61. The fraction of sp³-hybridized carbons (Fsp3) is 0.263. The first-order chi connectivity index (χ1) is 13.6. The van der Waals surface area contributed by atoms with Crippen LogP contribution in [0.4, 0.5) is 22.9 Å². The summed E-state index contributed by atoms with van der Waals surface area (Å²) < 4.78 is 0. The van der Waals surface area contributed by atoms with Crippen molar-refractivity contribution in [2.45, 2.75) is 16.5 Å². The molecular weight excluding hydrogens is 376 g/mol. The van der Waals surface area contributed by atoms with Crippen LogP contribution >= 0.6 is 11.8 Å². The van der Waals surface area contributed by atoms with E-state index in [1.54, 1.807) is 24.2 Å². The van der Waals surface area contributed by atoms with E-state index in [4.69, 9.17) is 5.73 Å². The van der Waals surface area contributed by atoms with Crippen molar-refractivity contribution in [2.75, 3.05) is 42.1 Å². The summed E-state index contributed by atoms with van der Waals surface area (Å²) in [5.41, 5.74) is 7.45. The smallest absolute Gasteiger partial charge is 0.253 e. The lowest BCUT2D eigenvalue weighted by atomic mass is 10.1. The van der Waals surface area contributed by atoms with Crippen molar-refractivity contribution in [2.24, 2.45) is 0 Å². The lowest BCUT2D eigenvalue weighted by Crippen LogP contribution is -2.51. The molecule has 2 aliphatic rings. The van der Waals surface area contributed by atoms with Gasteiger partial charge in [-0.2, -0.15) is 0 Å². The number of nitrogens with two attached hydrogens (primary N) is 1. The Morgan fingerprint density at radius 1 is 1.07 bits per heavy atom. The predicted octanol–water partition coefficient (Wildman–Crippen LogP) is 1.19. The molecule has 1 saturated heterocycles. The molecule has 142 valence electrons. The minimum atomic E-state index is -0.553. The lowest BCUT2D eigenvalue weighted by Gasteiger charge is -2.36. The lowest BCUT2D eigenvalue weighted by molar-refractivity contribution is 0.249. The molecule has 3 N–H and O–H groups in total. The maximum atomic E-state index is 11.7. The molecule has 9 heteroatoms. The summed E-state index contributed by atoms with van der Waals surface area (Å²) in [5, 5.41) is 4.24. The van der Waals surface area contributed by atoms with Gasteiger partial charge in [0.1, 0.15) is 16.4 Å². The summed E-state index contributed by atoms with van der Waals surface area (Å²) in [5.74, 6) is 0.788. The normalized spacial score (nSPS) is 16.5. The van der Waals surface area contributed by atoms with E-state index in [0.717, 1.165) is 41.1 Å². The zero-order valence-corrected chi connectivity index (χ0v) is 15.8. The van der Waals surface area contributed by atoms with Crippen LogP contribution in [0, 0.1) is 0 Å². The Labute approximate surface area is 165 Å². The Morgan fingerprint density at radius 3 is 2.64 bits per heavy atom. The first-order valence-corrected chi connectivity index (χ1v) is 9.86. The molecule has 2 aliphatic heterocycles. The number of hydrogen-bond donors (Lipinski definition) is 2. The second-order valence-electron chi connectivity index (χ2n) is 6.95. The SMILES string of the molecule is Nc1c(N2CCN(Cc3ccc4c(c3)Nc3nccnc3S4)CC2)c(=O)c1=O. The standard InChI is InChI=1S/C19H18N6O2S/c20-14-15(17(27)16(14)26)25-7-5-24(6-8-25)10-11-1-2-13-12(9-11)23-18-19(28-13)22-4-3-21-18/h1-4,9H,5-8,10,20H2,(H,21,23). The Balaban J connectivity index is 1.25. The van der Waals surface area contributed by atoms with E-state index in [2.05, 4.69) is 38.4 Å². The third-order valence-corrected chi connectivity index (χ3v) is 6.25. The molecule has 0 unspecified atom stereocenters. The Morgan fingerprint density at radius 2 is 1.86 bits per heavy atom. The van der Waals surface area contributed by atoms with Crippen LogP contribution in [-0.2, 0) is 6.54 Å². The molecule has 0 radical (unpaired) electrons. The molecule has 0 saturated carbocycles. The van der Waals surface area contributed by atoms with Crippen molar-refractivity contribution >= 4 is 34.6 Å². The molecule has 0 aliphatic carbocycles. The quantitative estimate of drug-likeness (QED) is 0.496.